The van der Waals surface area contributed by atoms with E-state index in [2.05, 4.69) is 38.2 Å². The Labute approximate surface area is 204 Å². The molecule has 1 heterocycles. The molecule has 2 rings (SSSR count). The summed E-state index contributed by atoms with van der Waals surface area (Å²) in [5.74, 6) is -1.21. The van der Waals surface area contributed by atoms with Crippen molar-refractivity contribution < 1.29 is 22.8 Å². The number of aromatic nitrogens is 2. The topological polar surface area (TPSA) is 102 Å². The number of halogens is 5. The molecular formula is C21H26BrClF3N5O2. The summed E-state index contributed by atoms with van der Waals surface area (Å²) in [6.07, 6.45) is -1.64. The third kappa shape index (κ3) is 9.70. The second-order valence-electron chi connectivity index (χ2n) is 6.22. The molecular weight excluding hydrogens is 527 g/mol. The van der Waals surface area contributed by atoms with Crippen LogP contribution in [0.3, 0.4) is 0 Å². The second kappa shape index (κ2) is 14.4. The third-order valence-corrected chi connectivity index (χ3v) is 4.20. The highest BCUT2D eigenvalue weighted by molar-refractivity contribution is 9.10. The van der Waals surface area contributed by atoms with Gasteiger partial charge in [0.15, 0.2) is 5.69 Å². The van der Waals surface area contributed by atoms with Gasteiger partial charge in [-0.2, -0.15) is 18.3 Å². The minimum atomic E-state index is -4.66. The molecule has 0 spiro atoms. The van der Waals surface area contributed by atoms with Crippen LogP contribution in [0.1, 0.15) is 46.0 Å². The molecule has 12 heteroatoms. The molecule has 1 aromatic carbocycles. The van der Waals surface area contributed by atoms with Crippen LogP contribution in [-0.4, -0.2) is 28.1 Å². The summed E-state index contributed by atoms with van der Waals surface area (Å²) in [7, 11) is 1.24. The number of anilines is 1. The average molecular weight is 553 g/mol. The molecule has 33 heavy (non-hydrogen) atoms. The van der Waals surface area contributed by atoms with Crippen LogP contribution in [0.2, 0.25) is 0 Å². The SMILES string of the molecule is C=CC.CCNC(=O)c1cc(Br)cc(C)c1NC(=O)c1cc(C(F)(F)F)nn1C.N/C=C/Cl. The first kappa shape index (κ1) is 30.2. The molecule has 0 bridgehead atoms. The Hall–Kier alpha value is -2.79. The fourth-order valence-corrected chi connectivity index (χ4v) is 2.91. The molecule has 0 aliphatic rings. The summed E-state index contributed by atoms with van der Waals surface area (Å²) in [6.45, 7) is 9.05. The number of nitrogens with one attached hydrogen (secondary N) is 2. The van der Waals surface area contributed by atoms with Gasteiger partial charge < -0.3 is 16.4 Å². The molecule has 0 atom stereocenters. The summed E-state index contributed by atoms with van der Waals surface area (Å²) in [5, 5.41) is 8.46. The van der Waals surface area contributed by atoms with Crippen LogP contribution in [0.15, 0.2) is 47.1 Å². The number of carbonyl (C=O) groups excluding carboxylic acids is 2. The van der Waals surface area contributed by atoms with Gasteiger partial charge in [-0.05, 0) is 38.5 Å². The van der Waals surface area contributed by atoms with E-state index in [0.29, 0.717) is 22.6 Å². The lowest BCUT2D eigenvalue weighted by molar-refractivity contribution is -0.141. The molecule has 2 amide bonds. The van der Waals surface area contributed by atoms with Crippen molar-refractivity contribution in [2.75, 3.05) is 11.9 Å². The van der Waals surface area contributed by atoms with Crippen molar-refractivity contribution in [1.29, 1.82) is 0 Å². The zero-order chi connectivity index (χ0) is 25.8. The van der Waals surface area contributed by atoms with Gasteiger partial charge >= 0.3 is 6.18 Å². The lowest BCUT2D eigenvalue weighted by Crippen LogP contribution is -2.26. The number of carbonyl (C=O) groups is 2. The van der Waals surface area contributed by atoms with Crippen LogP contribution >= 0.6 is 27.5 Å². The number of hydrogen-bond acceptors (Lipinski definition) is 4. The monoisotopic (exact) mass is 551 g/mol. The van der Waals surface area contributed by atoms with Crippen molar-refractivity contribution in [2.24, 2.45) is 12.8 Å². The lowest BCUT2D eigenvalue weighted by Gasteiger charge is -2.14. The van der Waals surface area contributed by atoms with Gasteiger partial charge in [0.05, 0.1) is 11.3 Å². The zero-order valence-corrected chi connectivity index (χ0v) is 20.9. The van der Waals surface area contributed by atoms with Crippen LogP contribution < -0.4 is 16.4 Å². The predicted molar refractivity (Wildman–Crippen MR) is 128 cm³/mol. The molecule has 4 N–H and O–H groups in total. The third-order valence-electron chi connectivity index (χ3n) is 3.60. The van der Waals surface area contributed by atoms with E-state index in [1.807, 2.05) is 6.92 Å². The highest BCUT2D eigenvalue weighted by atomic mass is 79.9. The van der Waals surface area contributed by atoms with Gasteiger partial charge in [0.1, 0.15) is 5.69 Å². The number of nitrogens with zero attached hydrogens (tertiary/aromatic N) is 2. The van der Waals surface area contributed by atoms with Crippen LogP contribution in [0.5, 0.6) is 0 Å². The van der Waals surface area contributed by atoms with E-state index in [0.717, 1.165) is 4.68 Å². The largest absolute Gasteiger partial charge is 0.435 e. The minimum absolute atomic E-state index is 0.199. The second-order valence-corrected chi connectivity index (χ2v) is 7.39. The van der Waals surface area contributed by atoms with Gasteiger partial charge in [-0.25, -0.2) is 0 Å². The van der Waals surface area contributed by atoms with Crippen molar-refractivity contribution in [3.8, 4) is 0 Å². The Kier molecular flexibility index (Phi) is 13.2. The van der Waals surface area contributed by atoms with Crippen molar-refractivity contribution in [3.63, 3.8) is 0 Å². The van der Waals surface area contributed by atoms with Crippen LogP contribution in [-0.2, 0) is 13.2 Å². The van der Waals surface area contributed by atoms with E-state index in [9.17, 15) is 22.8 Å². The van der Waals surface area contributed by atoms with E-state index in [4.69, 9.17) is 17.3 Å². The van der Waals surface area contributed by atoms with E-state index < -0.39 is 23.7 Å². The van der Waals surface area contributed by atoms with Gasteiger partial charge in [0, 0.05) is 35.9 Å². The van der Waals surface area contributed by atoms with Crippen LogP contribution in [0.4, 0.5) is 18.9 Å². The number of hydrogen-bond donors (Lipinski definition) is 3. The van der Waals surface area contributed by atoms with Crippen molar-refractivity contribution in [2.45, 2.75) is 26.9 Å². The van der Waals surface area contributed by atoms with Crippen molar-refractivity contribution in [1.82, 2.24) is 15.1 Å². The van der Waals surface area contributed by atoms with Gasteiger partial charge in [0.2, 0.25) is 0 Å². The first-order chi connectivity index (χ1) is 15.4. The molecule has 0 radical (unpaired) electrons. The Morgan fingerprint density at radius 2 is 1.85 bits per heavy atom. The first-order valence-corrected chi connectivity index (χ1v) is 10.7. The van der Waals surface area contributed by atoms with Gasteiger partial charge in [-0.15, -0.1) is 6.58 Å². The molecule has 2 aromatic rings. The summed E-state index contributed by atoms with van der Waals surface area (Å²) in [4.78, 5) is 24.7. The standard InChI is InChI=1S/C16H16BrF3N4O2.C3H6.C2H4ClN/c1-4-21-14(25)10-6-9(17)5-8(2)13(10)22-15(26)11-7-12(16(18,19)20)23-24(11)3;1-3-2;3-1-2-4/h5-7H,4H2,1-3H3,(H,21,25)(H,22,26);3H,1H2,2H3;1-2H,4H2/b;;2-1+. The quantitative estimate of drug-likeness (QED) is 0.445. The summed E-state index contributed by atoms with van der Waals surface area (Å²) in [5.41, 5.74) is 5.52. The predicted octanol–water partition coefficient (Wildman–Crippen LogP) is 5.36. The molecule has 1 aromatic heterocycles. The molecule has 0 saturated carbocycles. The lowest BCUT2D eigenvalue weighted by atomic mass is 10.1. The Bertz CT molecular complexity index is 987. The number of amides is 2. The normalized spacial score (nSPS) is 10.5. The summed E-state index contributed by atoms with van der Waals surface area (Å²) >= 11 is 8.16. The summed E-state index contributed by atoms with van der Waals surface area (Å²) in [6, 6.07) is 3.87. The Morgan fingerprint density at radius 1 is 1.30 bits per heavy atom. The Morgan fingerprint density at radius 3 is 2.27 bits per heavy atom. The maximum atomic E-state index is 12.8. The number of rotatable bonds is 4. The van der Waals surface area contributed by atoms with Crippen LogP contribution in [0, 0.1) is 6.92 Å². The number of alkyl halides is 3. The zero-order valence-electron chi connectivity index (χ0n) is 18.6. The maximum absolute atomic E-state index is 12.8. The fourth-order valence-electron chi connectivity index (χ4n) is 2.34. The molecule has 0 fully saturated rings. The number of aryl methyl sites for hydroxylation is 2. The highest BCUT2D eigenvalue weighted by Gasteiger charge is 2.35. The number of nitrogens with two attached hydrogens (primary N) is 1. The van der Waals surface area contributed by atoms with Crippen LogP contribution in [0.25, 0.3) is 0 Å². The number of allylic oxidation sites excluding steroid dienone is 1. The average Bonchev–Trinajstić information content (AvgIpc) is 3.13. The maximum Gasteiger partial charge on any atom is 0.435 e. The highest BCUT2D eigenvalue weighted by Crippen LogP contribution is 2.30. The molecule has 0 aliphatic heterocycles. The van der Waals surface area contributed by atoms with E-state index in [1.165, 1.54) is 24.8 Å². The molecule has 182 valence electrons. The van der Waals surface area contributed by atoms with E-state index >= 15 is 0 Å². The molecule has 0 aliphatic carbocycles. The Balaban J connectivity index is 0.00000129. The number of benzene rings is 1. The van der Waals surface area contributed by atoms with Crippen molar-refractivity contribution in [3.05, 3.63) is 69.6 Å². The van der Waals surface area contributed by atoms with E-state index in [-0.39, 0.29) is 16.9 Å². The minimum Gasteiger partial charge on any atom is -0.404 e. The van der Waals surface area contributed by atoms with Gasteiger partial charge in [-0.1, -0.05) is 33.6 Å². The first-order valence-electron chi connectivity index (χ1n) is 9.42. The van der Waals surface area contributed by atoms with Gasteiger partial charge in [0.25, 0.3) is 11.8 Å². The summed E-state index contributed by atoms with van der Waals surface area (Å²) < 4.78 is 39.8. The molecule has 0 unspecified atom stereocenters. The smallest absolute Gasteiger partial charge is 0.404 e. The van der Waals surface area contributed by atoms with E-state index in [1.54, 1.807) is 26.0 Å². The molecule has 0 saturated heterocycles. The fraction of sp³-hybridized carbons (Fsp3) is 0.286. The molecule has 7 nitrogen and oxygen atoms in total. The van der Waals surface area contributed by atoms with Crippen molar-refractivity contribution >= 4 is 45.0 Å². The van der Waals surface area contributed by atoms with Gasteiger partial charge in [-0.3, -0.25) is 14.3 Å².